The molecule has 0 amide bonds. The SMILES string of the molecule is c1ccc2cc(-c3c4ccccc4c(-c4csc5c4ccc4c6ccccc6oc45)c4ccccc34)ccc2c1. The molecule has 0 saturated carbocycles. The minimum absolute atomic E-state index is 0.940. The van der Waals surface area contributed by atoms with Gasteiger partial charge in [-0.1, -0.05) is 109 Å². The van der Waals surface area contributed by atoms with Crippen molar-refractivity contribution in [3.8, 4) is 22.3 Å². The molecule has 7 aromatic carbocycles. The lowest BCUT2D eigenvalue weighted by Gasteiger charge is -2.17. The minimum atomic E-state index is 0.940. The van der Waals surface area contributed by atoms with E-state index in [4.69, 9.17) is 4.42 Å². The van der Waals surface area contributed by atoms with Crippen molar-refractivity contribution in [2.75, 3.05) is 0 Å². The molecule has 9 aromatic rings. The van der Waals surface area contributed by atoms with Crippen LogP contribution in [0.3, 0.4) is 0 Å². The smallest absolute Gasteiger partial charge is 0.153 e. The second-order valence-electron chi connectivity index (χ2n) is 10.5. The van der Waals surface area contributed by atoms with Gasteiger partial charge in [0.05, 0.1) is 4.70 Å². The van der Waals surface area contributed by atoms with Gasteiger partial charge in [0.25, 0.3) is 0 Å². The molecule has 40 heavy (non-hydrogen) atoms. The average Bonchev–Trinajstić information content (AvgIpc) is 3.61. The number of fused-ring (bicyclic) bond motifs is 8. The number of hydrogen-bond acceptors (Lipinski definition) is 2. The van der Waals surface area contributed by atoms with Crippen molar-refractivity contribution in [1.82, 2.24) is 0 Å². The normalized spacial score (nSPS) is 12.0. The molecule has 0 fully saturated rings. The highest BCUT2D eigenvalue weighted by molar-refractivity contribution is 7.18. The van der Waals surface area contributed by atoms with Crippen molar-refractivity contribution >= 4 is 75.7 Å². The first-order valence-electron chi connectivity index (χ1n) is 13.6. The predicted molar refractivity (Wildman–Crippen MR) is 172 cm³/mol. The van der Waals surface area contributed by atoms with E-state index in [0.717, 1.165) is 11.2 Å². The van der Waals surface area contributed by atoms with Gasteiger partial charge in [-0.15, -0.1) is 11.3 Å². The number of rotatable bonds is 2. The Balaban J connectivity index is 1.39. The Morgan fingerprint density at radius 1 is 0.450 bits per heavy atom. The third-order valence-corrected chi connectivity index (χ3v) is 9.32. The molecular formula is C38H22OS. The Morgan fingerprint density at radius 3 is 1.80 bits per heavy atom. The lowest BCUT2D eigenvalue weighted by molar-refractivity contribution is 0.673. The van der Waals surface area contributed by atoms with Crippen LogP contribution in [0.4, 0.5) is 0 Å². The Bertz CT molecular complexity index is 2380. The Kier molecular flexibility index (Phi) is 4.55. The summed E-state index contributed by atoms with van der Waals surface area (Å²) in [6.07, 6.45) is 0. The minimum Gasteiger partial charge on any atom is -0.455 e. The molecular weight excluding hydrogens is 504 g/mol. The first kappa shape index (κ1) is 22.0. The molecule has 0 atom stereocenters. The Morgan fingerprint density at radius 2 is 1.05 bits per heavy atom. The van der Waals surface area contributed by atoms with Crippen molar-refractivity contribution in [3.63, 3.8) is 0 Å². The number of furan rings is 1. The second-order valence-corrected chi connectivity index (χ2v) is 11.3. The number of hydrogen-bond donors (Lipinski definition) is 0. The van der Waals surface area contributed by atoms with E-state index in [1.807, 2.05) is 6.07 Å². The zero-order valence-corrected chi connectivity index (χ0v) is 22.3. The number of para-hydroxylation sites is 1. The molecule has 0 unspecified atom stereocenters. The summed E-state index contributed by atoms with van der Waals surface area (Å²) < 4.78 is 7.62. The highest BCUT2D eigenvalue weighted by atomic mass is 32.1. The molecule has 186 valence electrons. The van der Waals surface area contributed by atoms with Crippen molar-refractivity contribution in [2.24, 2.45) is 0 Å². The van der Waals surface area contributed by atoms with Gasteiger partial charge >= 0.3 is 0 Å². The van der Waals surface area contributed by atoms with E-state index >= 15 is 0 Å². The van der Waals surface area contributed by atoms with Gasteiger partial charge in [-0.05, 0) is 72.6 Å². The highest BCUT2D eigenvalue weighted by Crippen LogP contribution is 2.48. The molecule has 0 radical (unpaired) electrons. The first-order chi connectivity index (χ1) is 19.8. The summed E-state index contributed by atoms with van der Waals surface area (Å²) >= 11 is 1.78. The van der Waals surface area contributed by atoms with E-state index in [1.54, 1.807) is 11.3 Å². The lowest BCUT2D eigenvalue weighted by Crippen LogP contribution is -1.90. The standard InChI is InChI=1S/C38H22OS/c1-2-10-24-21-25(18-17-23(24)9-1)35-27-12-3-5-14-29(27)36(30-15-6-4-13-28(30)35)33-22-40-38-32(33)20-19-31-26-11-7-8-16-34(26)39-37(31)38/h1-22H. The van der Waals surface area contributed by atoms with Gasteiger partial charge in [-0.3, -0.25) is 0 Å². The van der Waals surface area contributed by atoms with Gasteiger partial charge in [0, 0.05) is 21.7 Å². The van der Waals surface area contributed by atoms with Crippen LogP contribution in [0.2, 0.25) is 0 Å². The maximum absolute atomic E-state index is 6.41. The van der Waals surface area contributed by atoms with E-state index in [1.165, 1.54) is 75.4 Å². The maximum Gasteiger partial charge on any atom is 0.153 e. The van der Waals surface area contributed by atoms with Gasteiger partial charge in [0.15, 0.2) is 5.58 Å². The van der Waals surface area contributed by atoms with Crippen LogP contribution in [0.5, 0.6) is 0 Å². The molecule has 0 N–H and O–H groups in total. The monoisotopic (exact) mass is 526 g/mol. The largest absolute Gasteiger partial charge is 0.455 e. The molecule has 0 aliphatic heterocycles. The van der Waals surface area contributed by atoms with E-state index < -0.39 is 0 Å². The van der Waals surface area contributed by atoms with Crippen LogP contribution in [0, 0.1) is 0 Å². The molecule has 0 aliphatic rings. The summed E-state index contributed by atoms with van der Waals surface area (Å²) in [5.74, 6) is 0. The molecule has 1 nitrogen and oxygen atoms in total. The van der Waals surface area contributed by atoms with Crippen LogP contribution in [-0.4, -0.2) is 0 Å². The second kappa shape index (κ2) is 8.29. The van der Waals surface area contributed by atoms with Crippen LogP contribution in [0.15, 0.2) is 137 Å². The number of benzene rings is 7. The predicted octanol–water partition coefficient (Wildman–Crippen LogP) is 11.6. The fraction of sp³-hybridized carbons (Fsp3) is 0. The number of thiophene rings is 1. The van der Waals surface area contributed by atoms with Crippen LogP contribution in [-0.2, 0) is 0 Å². The average molecular weight is 527 g/mol. The van der Waals surface area contributed by atoms with Gasteiger partial charge in [-0.2, -0.15) is 0 Å². The molecule has 9 rings (SSSR count). The summed E-state index contributed by atoms with van der Waals surface area (Å²) in [5, 5.41) is 13.5. The molecule has 0 saturated heterocycles. The first-order valence-corrected chi connectivity index (χ1v) is 14.5. The quantitative estimate of drug-likeness (QED) is 0.204. The molecule has 0 aliphatic carbocycles. The molecule has 0 bridgehead atoms. The zero-order chi connectivity index (χ0) is 26.2. The van der Waals surface area contributed by atoms with Gasteiger partial charge in [-0.25, -0.2) is 0 Å². The fourth-order valence-electron chi connectivity index (χ4n) is 6.54. The highest BCUT2D eigenvalue weighted by Gasteiger charge is 2.20. The van der Waals surface area contributed by atoms with Crippen LogP contribution in [0.25, 0.3) is 86.6 Å². The molecule has 2 aromatic heterocycles. The summed E-state index contributed by atoms with van der Waals surface area (Å²) in [4.78, 5) is 0. The van der Waals surface area contributed by atoms with E-state index in [-0.39, 0.29) is 0 Å². The summed E-state index contributed by atoms with van der Waals surface area (Å²) in [5.41, 5.74) is 7.01. The molecule has 2 heteroatoms. The van der Waals surface area contributed by atoms with Crippen molar-refractivity contribution in [1.29, 1.82) is 0 Å². The van der Waals surface area contributed by atoms with E-state index in [2.05, 4.69) is 127 Å². The topological polar surface area (TPSA) is 13.1 Å². The summed E-state index contributed by atoms with van der Waals surface area (Å²) in [6, 6.07) is 46.1. The summed E-state index contributed by atoms with van der Waals surface area (Å²) in [7, 11) is 0. The Labute approximate surface area is 234 Å². The lowest BCUT2D eigenvalue weighted by atomic mass is 9.85. The maximum atomic E-state index is 6.41. The van der Waals surface area contributed by atoms with Crippen molar-refractivity contribution in [2.45, 2.75) is 0 Å². The van der Waals surface area contributed by atoms with Gasteiger partial charge in [0.1, 0.15) is 5.58 Å². The van der Waals surface area contributed by atoms with Crippen LogP contribution >= 0.6 is 11.3 Å². The molecule has 0 spiro atoms. The fourth-order valence-corrected chi connectivity index (χ4v) is 7.59. The van der Waals surface area contributed by atoms with Crippen molar-refractivity contribution < 1.29 is 4.42 Å². The van der Waals surface area contributed by atoms with Crippen LogP contribution < -0.4 is 0 Å². The van der Waals surface area contributed by atoms with E-state index in [9.17, 15) is 0 Å². The molecule has 2 heterocycles. The van der Waals surface area contributed by atoms with Crippen LogP contribution in [0.1, 0.15) is 0 Å². The Hall–Kier alpha value is -4.92. The summed E-state index contributed by atoms with van der Waals surface area (Å²) in [6.45, 7) is 0. The van der Waals surface area contributed by atoms with Gasteiger partial charge < -0.3 is 4.42 Å². The third kappa shape index (κ3) is 3.03. The van der Waals surface area contributed by atoms with Gasteiger partial charge in [0.2, 0.25) is 0 Å². The van der Waals surface area contributed by atoms with E-state index in [0.29, 0.717) is 0 Å². The zero-order valence-electron chi connectivity index (χ0n) is 21.5. The van der Waals surface area contributed by atoms with Crippen molar-refractivity contribution in [3.05, 3.63) is 133 Å². The third-order valence-electron chi connectivity index (χ3n) is 8.33.